The minimum atomic E-state index is -0.0628. The van der Waals surface area contributed by atoms with E-state index in [0.717, 1.165) is 0 Å². The van der Waals surface area contributed by atoms with E-state index in [1.54, 1.807) is 0 Å². The van der Waals surface area contributed by atoms with Crippen molar-refractivity contribution in [3.63, 3.8) is 0 Å². The van der Waals surface area contributed by atoms with Gasteiger partial charge in [-0.2, -0.15) is 0 Å². The highest BCUT2D eigenvalue weighted by Crippen LogP contribution is 2.31. The summed E-state index contributed by atoms with van der Waals surface area (Å²) in [5.41, 5.74) is 5.00. The molecule has 0 aliphatic carbocycles. The van der Waals surface area contributed by atoms with Crippen molar-refractivity contribution in [3.05, 3.63) is 70.8 Å². The van der Waals surface area contributed by atoms with Gasteiger partial charge in [-0.15, -0.1) is 11.6 Å². The number of rotatable bonds is 4. The zero-order valence-corrected chi connectivity index (χ0v) is 12.6. The van der Waals surface area contributed by atoms with E-state index < -0.39 is 0 Å². The van der Waals surface area contributed by atoms with Crippen LogP contribution in [0, 0.1) is 6.92 Å². The Morgan fingerprint density at radius 2 is 1.53 bits per heavy atom. The van der Waals surface area contributed by atoms with Gasteiger partial charge in [0.05, 0.1) is 5.38 Å². The number of hydrogen-bond acceptors (Lipinski definition) is 0. The molecule has 19 heavy (non-hydrogen) atoms. The van der Waals surface area contributed by atoms with Crippen LogP contribution in [0.5, 0.6) is 0 Å². The van der Waals surface area contributed by atoms with E-state index in [9.17, 15) is 0 Å². The molecular weight excluding hydrogens is 252 g/mol. The third-order valence-corrected chi connectivity index (χ3v) is 4.36. The maximum Gasteiger partial charge on any atom is 0.0838 e. The summed E-state index contributed by atoms with van der Waals surface area (Å²) in [7, 11) is 0. The van der Waals surface area contributed by atoms with Gasteiger partial charge in [0, 0.05) is 0 Å². The molecule has 0 saturated carbocycles. The van der Waals surface area contributed by atoms with Crippen LogP contribution in [0.25, 0.3) is 0 Å². The SMILES string of the molecule is CCC(C)c1ccc(C(Cl)c2ccccc2C)cc1. The molecule has 2 aromatic rings. The Bertz CT molecular complexity index is 528. The van der Waals surface area contributed by atoms with Gasteiger partial charge in [-0.3, -0.25) is 0 Å². The van der Waals surface area contributed by atoms with Gasteiger partial charge in [0.1, 0.15) is 0 Å². The highest BCUT2D eigenvalue weighted by atomic mass is 35.5. The van der Waals surface area contributed by atoms with Crippen LogP contribution in [0.15, 0.2) is 48.5 Å². The van der Waals surface area contributed by atoms with E-state index in [1.165, 1.54) is 28.7 Å². The quantitative estimate of drug-likeness (QED) is 0.614. The molecule has 0 heterocycles. The van der Waals surface area contributed by atoms with Crippen LogP contribution in [-0.4, -0.2) is 0 Å². The molecule has 0 aromatic heterocycles. The summed E-state index contributed by atoms with van der Waals surface area (Å²) in [6.07, 6.45) is 1.17. The number of benzene rings is 2. The monoisotopic (exact) mass is 272 g/mol. The summed E-state index contributed by atoms with van der Waals surface area (Å²) in [5, 5.41) is -0.0628. The van der Waals surface area contributed by atoms with E-state index in [-0.39, 0.29) is 5.38 Å². The number of aryl methyl sites for hydroxylation is 1. The zero-order chi connectivity index (χ0) is 13.8. The van der Waals surface area contributed by atoms with E-state index in [0.29, 0.717) is 5.92 Å². The van der Waals surface area contributed by atoms with Gasteiger partial charge in [-0.05, 0) is 41.5 Å². The molecule has 2 unspecified atom stereocenters. The molecule has 0 bridgehead atoms. The lowest BCUT2D eigenvalue weighted by Gasteiger charge is -2.15. The van der Waals surface area contributed by atoms with Gasteiger partial charge in [0.15, 0.2) is 0 Å². The predicted molar refractivity (Wildman–Crippen MR) is 84.0 cm³/mol. The largest absolute Gasteiger partial charge is 0.113 e. The molecular formula is C18H21Cl. The molecule has 2 rings (SSSR count). The van der Waals surface area contributed by atoms with E-state index in [2.05, 4.69) is 63.2 Å². The molecule has 2 atom stereocenters. The average Bonchev–Trinajstić information content (AvgIpc) is 2.46. The van der Waals surface area contributed by atoms with E-state index in [4.69, 9.17) is 11.6 Å². The molecule has 0 fully saturated rings. The van der Waals surface area contributed by atoms with Gasteiger partial charge >= 0.3 is 0 Å². The molecule has 1 heteroatoms. The van der Waals surface area contributed by atoms with Crippen LogP contribution in [0.4, 0.5) is 0 Å². The van der Waals surface area contributed by atoms with Crippen LogP contribution in [0.1, 0.15) is 53.8 Å². The topological polar surface area (TPSA) is 0 Å². The lowest BCUT2D eigenvalue weighted by atomic mass is 9.95. The van der Waals surface area contributed by atoms with Gasteiger partial charge in [0.2, 0.25) is 0 Å². The van der Waals surface area contributed by atoms with Crippen molar-refractivity contribution in [2.45, 2.75) is 38.5 Å². The fourth-order valence-corrected chi connectivity index (χ4v) is 2.67. The Hall–Kier alpha value is -1.27. The Labute approximate surface area is 121 Å². The summed E-state index contributed by atoms with van der Waals surface area (Å²) in [6, 6.07) is 17.0. The highest BCUT2D eigenvalue weighted by Gasteiger charge is 2.13. The first-order chi connectivity index (χ1) is 9.13. The maximum absolute atomic E-state index is 6.60. The Morgan fingerprint density at radius 1 is 0.947 bits per heavy atom. The van der Waals surface area contributed by atoms with Gasteiger partial charge < -0.3 is 0 Å². The fraction of sp³-hybridized carbons (Fsp3) is 0.333. The Kier molecular flexibility index (Phi) is 4.66. The molecule has 0 radical (unpaired) electrons. The first-order valence-corrected chi connectivity index (χ1v) is 7.36. The molecule has 0 amide bonds. The van der Waals surface area contributed by atoms with Crippen molar-refractivity contribution in [1.29, 1.82) is 0 Å². The first-order valence-electron chi connectivity index (χ1n) is 6.93. The van der Waals surface area contributed by atoms with Crippen molar-refractivity contribution in [2.75, 3.05) is 0 Å². The van der Waals surface area contributed by atoms with Crippen molar-refractivity contribution in [3.8, 4) is 0 Å². The van der Waals surface area contributed by atoms with Crippen LogP contribution < -0.4 is 0 Å². The molecule has 0 aliphatic rings. The second kappa shape index (κ2) is 6.25. The third kappa shape index (κ3) is 3.19. The van der Waals surface area contributed by atoms with Gasteiger partial charge in [-0.1, -0.05) is 62.4 Å². The second-order valence-corrected chi connectivity index (χ2v) is 5.63. The van der Waals surface area contributed by atoms with Crippen LogP contribution in [0.3, 0.4) is 0 Å². The molecule has 0 aliphatic heterocycles. The van der Waals surface area contributed by atoms with Crippen molar-refractivity contribution < 1.29 is 0 Å². The Balaban J connectivity index is 2.25. The zero-order valence-electron chi connectivity index (χ0n) is 11.9. The van der Waals surface area contributed by atoms with Crippen LogP contribution in [-0.2, 0) is 0 Å². The standard InChI is InChI=1S/C18H21Cl/c1-4-13(2)15-9-11-16(12-10-15)18(19)17-8-6-5-7-14(17)3/h5-13,18H,4H2,1-3H3. The van der Waals surface area contributed by atoms with Gasteiger partial charge in [0.25, 0.3) is 0 Å². The predicted octanol–water partition coefficient (Wildman–Crippen LogP) is 5.84. The fourth-order valence-electron chi connectivity index (χ4n) is 2.28. The molecule has 100 valence electrons. The summed E-state index contributed by atoms with van der Waals surface area (Å²) in [6.45, 7) is 6.59. The second-order valence-electron chi connectivity index (χ2n) is 5.20. The van der Waals surface area contributed by atoms with E-state index >= 15 is 0 Å². The normalized spacial score (nSPS) is 14.1. The summed E-state index contributed by atoms with van der Waals surface area (Å²) in [4.78, 5) is 0. The third-order valence-electron chi connectivity index (χ3n) is 3.87. The maximum atomic E-state index is 6.60. The van der Waals surface area contributed by atoms with Crippen LogP contribution >= 0.6 is 11.6 Å². The lowest BCUT2D eigenvalue weighted by molar-refractivity contribution is 0.733. The minimum absolute atomic E-state index is 0.0628. The number of hydrogen-bond donors (Lipinski definition) is 0. The van der Waals surface area contributed by atoms with Crippen molar-refractivity contribution in [1.82, 2.24) is 0 Å². The lowest BCUT2D eigenvalue weighted by Crippen LogP contribution is -1.97. The summed E-state index contributed by atoms with van der Waals surface area (Å²) in [5.74, 6) is 0.612. The van der Waals surface area contributed by atoms with E-state index in [1.807, 2.05) is 6.07 Å². The molecule has 2 aromatic carbocycles. The average molecular weight is 273 g/mol. The molecule has 0 N–H and O–H groups in total. The van der Waals surface area contributed by atoms with Gasteiger partial charge in [-0.25, -0.2) is 0 Å². The van der Waals surface area contributed by atoms with Crippen molar-refractivity contribution in [2.24, 2.45) is 0 Å². The smallest absolute Gasteiger partial charge is 0.0838 e. The molecule has 0 saturated heterocycles. The van der Waals surface area contributed by atoms with Crippen molar-refractivity contribution >= 4 is 11.6 Å². The number of halogens is 1. The summed E-state index contributed by atoms with van der Waals surface area (Å²) < 4.78 is 0. The molecule has 0 nitrogen and oxygen atoms in total. The Morgan fingerprint density at radius 3 is 2.11 bits per heavy atom. The number of alkyl halides is 1. The molecule has 0 spiro atoms. The highest BCUT2D eigenvalue weighted by molar-refractivity contribution is 6.22. The summed E-state index contributed by atoms with van der Waals surface area (Å²) >= 11 is 6.60. The minimum Gasteiger partial charge on any atom is -0.113 e. The van der Waals surface area contributed by atoms with Crippen LogP contribution in [0.2, 0.25) is 0 Å². The first kappa shape index (κ1) is 14.1.